The maximum atomic E-state index is 15.1. The SMILES string of the molecule is C=C[C@@H]1C[C@]1(CC(=O)[C@@H]1C[C@@H](Oc2nc(-c3ccc(C(C)(C)C)cc3)nc3c2oc2cccnc23)CN1C(=O)[C@@H](Cc1nc(C)c(C(=O)OC)s1)C(C)(C)C)C(=O)NS(=O)(=O)C1CC1. The molecule has 1 aliphatic heterocycles. The number of carbonyl (C=O) groups excluding carboxylic acids is 4. The first-order valence-electron chi connectivity index (χ1n) is 21.5. The predicted molar refractivity (Wildman–Crippen MR) is 241 cm³/mol. The quantitative estimate of drug-likeness (QED) is 0.0860. The highest BCUT2D eigenvalue weighted by atomic mass is 32.2. The van der Waals surface area contributed by atoms with E-state index in [1.165, 1.54) is 12.0 Å². The van der Waals surface area contributed by atoms with Gasteiger partial charge >= 0.3 is 5.97 Å². The molecule has 0 spiro atoms. The van der Waals surface area contributed by atoms with Crippen molar-refractivity contribution in [3.8, 4) is 17.3 Å². The van der Waals surface area contributed by atoms with Crippen LogP contribution in [0.4, 0.5) is 0 Å². The molecule has 3 aliphatic rings. The van der Waals surface area contributed by atoms with Crippen molar-refractivity contribution in [2.24, 2.45) is 22.7 Å². The number of carbonyl (C=O) groups is 4. The van der Waals surface area contributed by atoms with Crippen molar-refractivity contribution in [3.63, 3.8) is 0 Å². The van der Waals surface area contributed by atoms with Crippen LogP contribution in [0.15, 0.2) is 59.7 Å². The molecule has 1 saturated heterocycles. The van der Waals surface area contributed by atoms with Crippen molar-refractivity contribution in [1.82, 2.24) is 29.6 Å². The van der Waals surface area contributed by atoms with E-state index in [-0.39, 0.29) is 55.0 Å². The van der Waals surface area contributed by atoms with Crippen LogP contribution in [0.5, 0.6) is 5.88 Å². The summed E-state index contributed by atoms with van der Waals surface area (Å²) >= 11 is 1.16. The minimum absolute atomic E-state index is 0.0220. The Morgan fingerprint density at radius 1 is 1.05 bits per heavy atom. The van der Waals surface area contributed by atoms with Gasteiger partial charge < -0.3 is 18.8 Å². The van der Waals surface area contributed by atoms with Crippen LogP contribution in [0, 0.1) is 29.6 Å². The third-order valence-electron chi connectivity index (χ3n) is 12.7. The summed E-state index contributed by atoms with van der Waals surface area (Å²) in [7, 11) is -2.60. The van der Waals surface area contributed by atoms with Crippen LogP contribution in [-0.2, 0) is 41.0 Å². The number of aromatic nitrogens is 4. The molecule has 15 nitrogen and oxygen atoms in total. The number of amides is 2. The van der Waals surface area contributed by atoms with Crippen molar-refractivity contribution in [3.05, 3.63) is 76.4 Å². The number of ketones is 1. The Kier molecular flexibility index (Phi) is 11.6. The van der Waals surface area contributed by atoms with Gasteiger partial charge in [0.25, 0.3) is 5.88 Å². The molecule has 0 unspecified atom stereocenters. The molecule has 1 aromatic carbocycles. The van der Waals surface area contributed by atoms with Gasteiger partial charge in [0.1, 0.15) is 22.0 Å². The number of aryl methyl sites for hydroxylation is 1. The fourth-order valence-electron chi connectivity index (χ4n) is 8.63. The smallest absolute Gasteiger partial charge is 0.349 e. The van der Waals surface area contributed by atoms with Gasteiger partial charge in [0.2, 0.25) is 27.4 Å². The number of nitrogens with zero attached hydrogens (tertiary/aromatic N) is 5. The molecule has 0 radical (unpaired) electrons. The molecule has 5 aromatic rings. The lowest BCUT2D eigenvalue weighted by Gasteiger charge is -2.35. The molecule has 8 rings (SSSR count). The number of sulfonamides is 1. The molecule has 5 atom stereocenters. The molecule has 0 bridgehead atoms. The molecule has 64 heavy (non-hydrogen) atoms. The molecule has 2 amide bonds. The number of rotatable bonds is 14. The Morgan fingerprint density at radius 3 is 2.39 bits per heavy atom. The molecule has 2 saturated carbocycles. The summed E-state index contributed by atoms with van der Waals surface area (Å²) < 4.78 is 46.1. The third kappa shape index (κ3) is 8.67. The van der Waals surface area contributed by atoms with Gasteiger partial charge in [-0.25, -0.2) is 23.2 Å². The van der Waals surface area contributed by atoms with E-state index in [1.54, 1.807) is 31.3 Å². The van der Waals surface area contributed by atoms with Crippen LogP contribution in [-0.4, -0.2) is 87.9 Å². The summed E-state index contributed by atoms with van der Waals surface area (Å²) in [6, 6.07) is 10.4. The van der Waals surface area contributed by atoms with Crippen LogP contribution >= 0.6 is 11.3 Å². The molecule has 4 aromatic heterocycles. The van der Waals surface area contributed by atoms with E-state index in [4.69, 9.17) is 23.9 Å². The standard InChI is InChI=1S/C47H54N6O9S2/c1-10-27-22-47(27,44(57)52-64(58,59)30-17-18-30)23-33(54)32-20-29(24-53(32)42(55)31(46(6,7)8)21-35-49-25(2)39(63-35)43(56)60-9)61-41-38-37(36-34(62-38)12-11-19-48-36)50-40(51-41)26-13-15-28(16-14-26)45(3,4)5/h10-16,19,27,29-32H,1,17-18,20-24H2,2-9H3,(H,52,57)/t27-,29-,31-,32+,47-/m1/s1. The monoisotopic (exact) mass is 910 g/mol. The highest BCUT2D eigenvalue weighted by Crippen LogP contribution is 2.57. The maximum Gasteiger partial charge on any atom is 0.349 e. The zero-order chi connectivity index (χ0) is 46.1. The van der Waals surface area contributed by atoms with Crippen molar-refractivity contribution in [1.29, 1.82) is 0 Å². The topological polar surface area (TPSA) is 201 Å². The van der Waals surface area contributed by atoms with Crippen LogP contribution in [0.2, 0.25) is 0 Å². The first kappa shape index (κ1) is 45.0. The Hall–Kier alpha value is -5.55. The van der Waals surface area contributed by atoms with Crippen LogP contribution in [0.25, 0.3) is 33.6 Å². The second kappa shape index (κ2) is 16.5. The number of methoxy groups -OCH3 is 1. The fraction of sp³-hybridized carbons (Fsp3) is 0.489. The van der Waals surface area contributed by atoms with E-state index in [2.05, 4.69) is 42.0 Å². The zero-order valence-corrected chi connectivity index (χ0v) is 39.0. The first-order valence-corrected chi connectivity index (χ1v) is 23.9. The van der Waals surface area contributed by atoms with Crippen LogP contribution in [0.1, 0.15) is 99.6 Å². The van der Waals surface area contributed by atoms with E-state index in [0.717, 1.165) is 22.5 Å². The van der Waals surface area contributed by atoms with Gasteiger partial charge in [-0.05, 0) is 60.6 Å². The first-order chi connectivity index (χ1) is 30.1. The molecular weight excluding hydrogens is 857 g/mol. The Labute approximate surface area is 376 Å². The lowest BCUT2D eigenvalue weighted by atomic mass is 9.77. The van der Waals surface area contributed by atoms with Crippen molar-refractivity contribution >= 4 is 67.1 Å². The number of pyridine rings is 1. The number of thiazole rings is 1. The summed E-state index contributed by atoms with van der Waals surface area (Å²) in [4.78, 5) is 77.1. The number of hydrogen-bond acceptors (Lipinski definition) is 14. The van der Waals surface area contributed by atoms with Crippen LogP contribution in [0.3, 0.4) is 0 Å². The number of benzene rings is 1. The molecule has 2 aliphatic carbocycles. The van der Waals surface area contributed by atoms with Gasteiger partial charge in [-0.15, -0.1) is 17.9 Å². The Morgan fingerprint density at radius 2 is 1.77 bits per heavy atom. The van der Waals surface area contributed by atoms with Gasteiger partial charge in [0.05, 0.1) is 41.1 Å². The van der Waals surface area contributed by atoms with E-state index in [9.17, 15) is 22.8 Å². The predicted octanol–water partition coefficient (Wildman–Crippen LogP) is 7.30. The molecular formula is C47H54N6O9S2. The molecule has 17 heteroatoms. The Balaban J connectivity index is 1.16. The molecule has 5 heterocycles. The minimum Gasteiger partial charge on any atom is -0.470 e. The zero-order valence-electron chi connectivity index (χ0n) is 37.4. The number of allylic oxidation sites excluding steroid dienone is 1. The van der Waals surface area contributed by atoms with Crippen molar-refractivity contribution < 1.29 is 41.5 Å². The number of ether oxygens (including phenoxy) is 2. The molecule has 3 fully saturated rings. The minimum atomic E-state index is -3.90. The second-order valence-corrected chi connectivity index (χ2v) is 22.5. The van der Waals surface area contributed by atoms with Gasteiger partial charge in [0.15, 0.2) is 17.2 Å². The number of furan rings is 1. The maximum absolute atomic E-state index is 15.1. The summed E-state index contributed by atoms with van der Waals surface area (Å²) in [6.45, 7) is 17.7. The van der Waals surface area contributed by atoms with Gasteiger partial charge in [-0.2, -0.15) is 4.98 Å². The number of likely N-dealkylation sites (tertiary alicyclic amines) is 1. The largest absolute Gasteiger partial charge is 0.470 e. The van der Waals surface area contributed by atoms with E-state index in [0.29, 0.717) is 50.9 Å². The Bertz CT molecular complexity index is 2800. The van der Waals surface area contributed by atoms with Crippen molar-refractivity contribution in [2.75, 3.05) is 13.7 Å². The molecule has 338 valence electrons. The van der Waals surface area contributed by atoms with Crippen molar-refractivity contribution in [2.45, 2.75) is 110 Å². The average Bonchev–Trinajstić information content (AvgIpc) is 4.10. The van der Waals surface area contributed by atoms with Gasteiger partial charge in [-0.3, -0.25) is 24.1 Å². The van der Waals surface area contributed by atoms with E-state index < -0.39 is 67.7 Å². The lowest BCUT2D eigenvalue weighted by molar-refractivity contribution is -0.144. The highest BCUT2D eigenvalue weighted by molar-refractivity contribution is 7.90. The van der Waals surface area contributed by atoms with Gasteiger partial charge in [-0.1, -0.05) is 71.9 Å². The summed E-state index contributed by atoms with van der Waals surface area (Å²) in [5.41, 5.74) is 1.97. The second-order valence-electron chi connectivity index (χ2n) is 19.4. The van der Waals surface area contributed by atoms with Crippen LogP contribution < -0.4 is 9.46 Å². The summed E-state index contributed by atoms with van der Waals surface area (Å²) in [5, 5.41) is -0.0740. The normalized spacial score (nSPS) is 21.8. The number of nitrogens with one attached hydrogen (secondary N) is 1. The number of fused-ring (bicyclic) bond motifs is 3. The van der Waals surface area contributed by atoms with E-state index >= 15 is 4.79 Å². The van der Waals surface area contributed by atoms with Gasteiger partial charge in [0, 0.05) is 36.9 Å². The summed E-state index contributed by atoms with van der Waals surface area (Å²) in [6.07, 6.45) is 3.52. The third-order valence-corrected chi connectivity index (χ3v) is 15.7. The average molecular weight is 911 g/mol. The number of esters is 1. The fourth-order valence-corrected chi connectivity index (χ4v) is 11.0. The molecule has 1 N–H and O–H groups in total. The highest BCUT2D eigenvalue weighted by Gasteiger charge is 2.61. The number of hydrogen-bond donors (Lipinski definition) is 1. The van der Waals surface area contributed by atoms with E-state index in [1.807, 2.05) is 45.0 Å². The number of Topliss-reactive ketones (excluding diaryl/α,β-unsaturated/α-hetero) is 1. The summed E-state index contributed by atoms with van der Waals surface area (Å²) in [5.74, 6) is -2.67. The lowest BCUT2D eigenvalue weighted by Crippen LogP contribution is -2.48.